The van der Waals surface area contributed by atoms with Crippen LogP contribution in [-0.2, 0) is 0 Å². The van der Waals surface area contributed by atoms with Crippen LogP contribution in [-0.4, -0.2) is 19.2 Å². The number of hydrogen-bond donors (Lipinski definition) is 1. The summed E-state index contributed by atoms with van der Waals surface area (Å²) in [6.07, 6.45) is 0. The highest BCUT2D eigenvalue weighted by molar-refractivity contribution is 6.32. The lowest BCUT2D eigenvalue weighted by atomic mass is 10.1. The van der Waals surface area contributed by atoms with Crippen LogP contribution in [0.1, 0.15) is 19.4 Å². The zero-order valence-electron chi connectivity index (χ0n) is 9.73. The fourth-order valence-corrected chi connectivity index (χ4v) is 1.22. The van der Waals surface area contributed by atoms with Gasteiger partial charge >= 0.3 is 0 Å². The summed E-state index contributed by atoms with van der Waals surface area (Å²) in [6.45, 7) is 6.77. The van der Waals surface area contributed by atoms with Crippen molar-refractivity contribution in [2.75, 3.05) is 13.7 Å². The van der Waals surface area contributed by atoms with Crippen LogP contribution in [0.4, 0.5) is 0 Å². The molecule has 0 radical (unpaired) electrons. The highest BCUT2D eigenvalue weighted by Gasteiger charge is 2.16. The van der Waals surface area contributed by atoms with Crippen molar-refractivity contribution in [3.05, 3.63) is 28.8 Å². The highest BCUT2D eigenvalue weighted by atomic mass is 35.5. The molecule has 0 saturated heterocycles. The van der Waals surface area contributed by atoms with Gasteiger partial charge in [0.25, 0.3) is 0 Å². The van der Waals surface area contributed by atoms with Gasteiger partial charge in [0.2, 0.25) is 0 Å². The third kappa shape index (κ3) is 3.73. The zero-order valence-corrected chi connectivity index (χ0v) is 10.5. The van der Waals surface area contributed by atoms with Gasteiger partial charge in [-0.15, -0.1) is 0 Å². The molecule has 0 aliphatic carbocycles. The van der Waals surface area contributed by atoms with Crippen LogP contribution in [0.3, 0.4) is 0 Å². The summed E-state index contributed by atoms with van der Waals surface area (Å²) in [7, 11) is 1.92. The second-order valence-corrected chi connectivity index (χ2v) is 4.76. The molecule has 0 aliphatic rings. The van der Waals surface area contributed by atoms with Gasteiger partial charge < -0.3 is 10.1 Å². The van der Waals surface area contributed by atoms with E-state index >= 15 is 0 Å². The number of likely N-dealkylation sites (N-methyl/N-ethyl adjacent to an activating group) is 1. The summed E-state index contributed by atoms with van der Waals surface area (Å²) in [5.41, 5.74) is 1.10. The molecule has 1 N–H and O–H groups in total. The molecule has 15 heavy (non-hydrogen) atoms. The normalized spacial score (nSPS) is 11.5. The molecular formula is C12H18ClNO. The first-order valence-corrected chi connectivity index (χ1v) is 5.40. The van der Waals surface area contributed by atoms with Gasteiger partial charge in [0.1, 0.15) is 12.4 Å². The van der Waals surface area contributed by atoms with E-state index < -0.39 is 0 Å². The summed E-state index contributed by atoms with van der Waals surface area (Å²) in [5, 5.41) is 3.84. The van der Waals surface area contributed by atoms with Crippen molar-refractivity contribution in [1.29, 1.82) is 0 Å². The number of benzene rings is 1. The van der Waals surface area contributed by atoms with Gasteiger partial charge in [0.15, 0.2) is 0 Å². The molecule has 0 saturated carbocycles. The van der Waals surface area contributed by atoms with Crippen molar-refractivity contribution in [3.63, 3.8) is 0 Å². The topological polar surface area (TPSA) is 21.3 Å². The zero-order chi connectivity index (χ0) is 11.5. The summed E-state index contributed by atoms with van der Waals surface area (Å²) in [5.74, 6) is 0.750. The quantitative estimate of drug-likeness (QED) is 0.854. The Morgan fingerprint density at radius 2 is 2.07 bits per heavy atom. The van der Waals surface area contributed by atoms with E-state index in [4.69, 9.17) is 16.3 Å². The van der Waals surface area contributed by atoms with Crippen LogP contribution in [0.5, 0.6) is 5.75 Å². The molecule has 2 nitrogen and oxygen atoms in total. The van der Waals surface area contributed by atoms with Crippen LogP contribution in [0.25, 0.3) is 0 Å². The number of rotatable bonds is 4. The van der Waals surface area contributed by atoms with E-state index in [0.29, 0.717) is 11.6 Å². The third-order valence-electron chi connectivity index (χ3n) is 2.35. The fraction of sp³-hybridized carbons (Fsp3) is 0.500. The Morgan fingerprint density at radius 1 is 1.40 bits per heavy atom. The van der Waals surface area contributed by atoms with Crippen molar-refractivity contribution in [3.8, 4) is 5.75 Å². The summed E-state index contributed by atoms with van der Waals surface area (Å²) >= 11 is 6.02. The van der Waals surface area contributed by atoms with E-state index in [9.17, 15) is 0 Å². The third-order valence-corrected chi connectivity index (χ3v) is 2.66. The van der Waals surface area contributed by atoms with E-state index in [1.807, 2.05) is 32.2 Å². The van der Waals surface area contributed by atoms with E-state index in [0.717, 1.165) is 11.3 Å². The molecule has 3 heteroatoms. The lowest BCUT2D eigenvalue weighted by molar-refractivity contribution is 0.217. The smallest absolute Gasteiger partial charge is 0.138 e. The number of halogens is 1. The number of nitrogens with one attached hydrogen (secondary N) is 1. The van der Waals surface area contributed by atoms with Gasteiger partial charge in [0.05, 0.1) is 5.02 Å². The molecule has 0 fully saturated rings. The number of aryl methyl sites for hydroxylation is 1. The number of hydrogen-bond acceptors (Lipinski definition) is 2. The molecule has 1 rings (SSSR count). The first kappa shape index (κ1) is 12.3. The predicted octanol–water partition coefficient (Wildman–Crippen LogP) is 3.03. The van der Waals surface area contributed by atoms with E-state index in [2.05, 4.69) is 19.2 Å². The second kappa shape index (κ2) is 4.86. The minimum Gasteiger partial charge on any atom is -0.490 e. The summed E-state index contributed by atoms with van der Waals surface area (Å²) in [6, 6.07) is 5.78. The Balaban J connectivity index is 2.69. The fourth-order valence-electron chi connectivity index (χ4n) is 1.05. The second-order valence-electron chi connectivity index (χ2n) is 4.36. The maximum absolute atomic E-state index is 6.02. The van der Waals surface area contributed by atoms with Crippen molar-refractivity contribution in [1.82, 2.24) is 5.32 Å². The van der Waals surface area contributed by atoms with Crippen LogP contribution in [0, 0.1) is 6.92 Å². The maximum atomic E-state index is 6.02. The predicted molar refractivity (Wildman–Crippen MR) is 64.8 cm³/mol. The van der Waals surface area contributed by atoms with Gasteiger partial charge in [-0.1, -0.05) is 17.7 Å². The van der Waals surface area contributed by atoms with E-state index in [1.54, 1.807) is 0 Å². The van der Waals surface area contributed by atoms with Crippen LogP contribution >= 0.6 is 11.6 Å². The molecule has 84 valence electrons. The Hall–Kier alpha value is -0.730. The molecule has 0 spiro atoms. The lowest BCUT2D eigenvalue weighted by Crippen LogP contribution is -2.42. The molecule has 0 aliphatic heterocycles. The SMILES string of the molecule is CNC(C)(C)COc1cc(C)ccc1Cl. The van der Waals surface area contributed by atoms with Crippen molar-refractivity contribution >= 4 is 11.6 Å². The minimum absolute atomic E-state index is 0.0485. The molecule has 0 unspecified atom stereocenters. The molecule has 1 aromatic rings. The maximum Gasteiger partial charge on any atom is 0.138 e. The Labute approximate surface area is 96.6 Å². The molecule has 0 atom stereocenters. The summed E-state index contributed by atoms with van der Waals surface area (Å²) < 4.78 is 5.68. The van der Waals surface area contributed by atoms with E-state index in [-0.39, 0.29) is 5.54 Å². The van der Waals surface area contributed by atoms with Crippen molar-refractivity contribution < 1.29 is 4.74 Å². The van der Waals surface area contributed by atoms with Gasteiger partial charge in [-0.05, 0) is 45.5 Å². The number of ether oxygens (including phenoxy) is 1. The Morgan fingerprint density at radius 3 is 2.67 bits per heavy atom. The first-order valence-electron chi connectivity index (χ1n) is 5.02. The average Bonchev–Trinajstić information content (AvgIpc) is 2.20. The Bertz CT molecular complexity index is 336. The largest absolute Gasteiger partial charge is 0.490 e. The summed E-state index contributed by atoms with van der Waals surface area (Å²) in [4.78, 5) is 0. The minimum atomic E-state index is -0.0485. The standard InChI is InChI=1S/C12H18ClNO/c1-9-5-6-10(13)11(7-9)15-8-12(2,3)14-4/h5-7,14H,8H2,1-4H3. The van der Waals surface area contributed by atoms with Crippen molar-refractivity contribution in [2.45, 2.75) is 26.3 Å². The van der Waals surface area contributed by atoms with Gasteiger partial charge in [-0.25, -0.2) is 0 Å². The van der Waals surface area contributed by atoms with Crippen molar-refractivity contribution in [2.24, 2.45) is 0 Å². The first-order chi connectivity index (χ1) is 6.94. The molecule has 0 amide bonds. The van der Waals surface area contributed by atoms with Gasteiger partial charge in [0, 0.05) is 5.54 Å². The van der Waals surface area contributed by atoms with Crippen LogP contribution < -0.4 is 10.1 Å². The Kier molecular flexibility index (Phi) is 4.00. The lowest BCUT2D eigenvalue weighted by Gasteiger charge is -2.24. The molecular weight excluding hydrogens is 210 g/mol. The highest BCUT2D eigenvalue weighted by Crippen LogP contribution is 2.25. The van der Waals surface area contributed by atoms with E-state index in [1.165, 1.54) is 0 Å². The van der Waals surface area contributed by atoms with Crippen LogP contribution in [0.15, 0.2) is 18.2 Å². The van der Waals surface area contributed by atoms with Gasteiger partial charge in [-0.2, -0.15) is 0 Å². The molecule has 0 heterocycles. The molecule has 1 aromatic carbocycles. The average molecular weight is 228 g/mol. The molecule has 0 bridgehead atoms. The van der Waals surface area contributed by atoms with Gasteiger partial charge in [-0.3, -0.25) is 0 Å². The van der Waals surface area contributed by atoms with Crippen LogP contribution in [0.2, 0.25) is 5.02 Å². The molecule has 0 aromatic heterocycles. The monoisotopic (exact) mass is 227 g/mol.